The van der Waals surface area contributed by atoms with Crippen LogP contribution in [0, 0.1) is 18.8 Å². The van der Waals surface area contributed by atoms with Gasteiger partial charge in [-0.15, -0.1) is 30.0 Å². The van der Waals surface area contributed by atoms with Crippen LogP contribution in [0.5, 0.6) is 11.5 Å². The summed E-state index contributed by atoms with van der Waals surface area (Å²) in [5.41, 5.74) is 8.35. The molecule has 7 heteroatoms. The first-order valence-electron chi connectivity index (χ1n) is 19.8. The summed E-state index contributed by atoms with van der Waals surface area (Å²) in [6.45, 7) is 15.7. The van der Waals surface area contributed by atoms with E-state index in [1.165, 1.54) is 15.6 Å². The number of pyridine rings is 1. The maximum atomic E-state index is 7.04. The smallest absolute Gasteiger partial charge is 0.135 e. The van der Waals surface area contributed by atoms with Gasteiger partial charge in [-0.05, 0) is 82.6 Å². The molecular weight excluding hydrogens is 924 g/mol. The van der Waals surface area contributed by atoms with E-state index in [0.29, 0.717) is 11.5 Å². The molecule has 0 fully saturated rings. The Labute approximate surface area is 364 Å². The van der Waals surface area contributed by atoms with E-state index in [-0.39, 0.29) is 32.0 Å². The van der Waals surface area contributed by atoms with E-state index in [2.05, 4.69) is 208 Å². The van der Waals surface area contributed by atoms with Gasteiger partial charge in [0.05, 0.1) is 0 Å². The molecule has 1 aliphatic heterocycles. The molecule has 5 nitrogen and oxygen atoms in total. The minimum absolute atomic E-state index is 0. The molecule has 0 saturated carbocycles. The quantitative estimate of drug-likeness (QED) is 0.156. The van der Waals surface area contributed by atoms with Crippen molar-refractivity contribution in [3.63, 3.8) is 0 Å². The zero-order chi connectivity index (χ0) is 39.8. The molecule has 4 heterocycles. The second-order valence-electron chi connectivity index (χ2n) is 16.9. The van der Waals surface area contributed by atoms with Crippen LogP contribution in [0.3, 0.4) is 0 Å². The normalized spacial score (nSPS) is 13.6. The van der Waals surface area contributed by atoms with Crippen molar-refractivity contribution in [1.29, 1.82) is 0 Å². The second-order valence-corrected chi connectivity index (χ2v) is 18.0. The van der Waals surface area contributed by atoms with Crippen molar-refractivity contribution in [2.75, 3.05) is 4.90 Å². The predicted octanol–water partition coefficient (Wildman–Crippen LogP) is 13.8. The van der Waals surface area contributed by atoms with Crippen molar-refractivity contribution >= 4 is 70.4 Å². The minimum Gasteiger partial charge on any atom is -0.508 e. The summed E-state index contributed by atoms with van der Waals surface area (Å²) >= 11 is 1.74. The van der Waals surface area contributed by atoms with Crippen LogP contribution in [-0.2, 0) is 26.5 Å². The zero-order valence-corrected chi connectivity index (χ0v) is 36.9. The maximum absolute atomic E-state index is 7.04. The summed E-state index contributed by atoms with van der Waals surface area (Å²) in [6.07, 6.45) is 1.92. The molecule has 0 aliphatic carbocycles. The molecule has 0 spiro atoms. The molecule has 9 aromatic rings. The van der Waals surface area contributed by atoms with E-state index in [0.717, 1.165) is 65.9 Å². The fourth-order valence-electron chi connectivity index (χ4n) is 8.19. The first-order valence-corrected chi connectivity index (χ1v) is 20.6. The van der Waals surface area contributed by atoms with Crippen molar-refractivity contribution in [1.82, 2.24) is 14.5 Å². The van der Waals surface area contributed by atoms with Crippen LogP contribution >= 0.6 is 11.3 Å². The van der Waals surface area contributed by atoms with Crippen LogP contribution in [-0.4, -0.2) is 20.0 Å². The molecule has 10 rings (SSSR count). The Bertz CT molecular complexity index is 3040. The van der Waals surface area contributed by atoms with Crippen molar-refractivity contribution in [3.8, 4) is 17.3 Å². The summed E-state index contributed by atoms with van der Waals surface area (Å²) in [7, 11) is 0. The van der Waals surface area contributed by atoms with E-state index in [4.69, 9.17) is 9.72 Å². The van der Waals surface area contributed by atoms with Crippen LogP contribution in [0.2, 0.25) is 0 Å². The number of anilines is 1. The van der Waals surface area contributed by atoms with Gasteiger partial charge in [-0.3, -0.25) is 0 Å². The van der Waals surface area contributed by atoms with Crippen molar-refractivity contribution in [2.24, 2.45) is 0 Å². The molecule has 296 valence electrons. The van der Waals surface area contributed by atoms with Crippen LogP contribution in [0.25, 0.3) is 59.2 Å². The summed E-state index contributed by atoms with van der Waals surface area (Å²) < 4.78 is 11.5. The molecule has 0 saturated heterocycles. The molecule has 0 bridgehead atoms. The average molecular weight is 967 g/mol. The van der Waals surface area contributed by atoms with Gasteiger partial charge in [0, 0.05) is 65.9 Å². The molecule has 0 atom stereocenters. The third-order valence-corrected chi connectivity index (χ3v) is 12.1. The molecule has 0 amide bonds. The van der Waals surface area contributed by atoms with E-state index < -0.39 is 0 Å². The molecule has 3 aromatic heterocycles. The largest absolute Gasteiger partial charge is 0.508 e. The third kappa shape index (κ3) is 6.73. The Morgan fingerprint density at radius 2 is 1.32 bits per heavy atom. The van der Waals surface area contributed by atoms with Gasteiger partial charge in [0.2, 0.25) is 0 Å². The summed E-state index contributed by atoms with van der Waals surface area (Å²) in [5, 5.41) is 4.67. The average Bonchev–Trinajstić information content (AvgIpc) is 3.92. The number of hydrogen-bond donors (Lipinski definition) is 0. The van der Waals surface area contributed by atoms with E-state index >= 15 is 0 Å². The third-order valence-electron chi connectivity index (χ3n) is 11.0. The predicted molar refractivity (Wildman–Crippen MR) is 242 cm³/mol. The van der Waals surface area contributed by atoms with Crippen LogP contribution in [0.15, 0.2) is 146 Å². The summed E-state index contributed by atoms with van der Waals surface area (Å²) in [4.78, 5) is 9.58. The van der Waals surface area contributed by atoms with Crippen LogP contribution in [0.1, 0.15) is 58.2 Å². The Kier molecular flexibility index (Phi) is 9.77. The van der Waals surface area contributed by atoms with Gasteiger partial charge in [0.25, 0.3) is 0 Å². The van der Waals surface area contributed by atoms with Gasteiger partial charge >= 0.3 is 0 Å². The Morgan fingerprint density at radius 1 is 0.661 bits per heavy atom. The molecule has 6 aromatic carbocycles. The number of rotatable bonds is 6. The molecule has 0 N–H and O–H groups in total. The topological polar surface area (TPSA) is 33.5 Å². The maximum Gasteiger partial charge on any atom is 0.135 e. The SMILES string of the molecule is CC(C)(C)c1ccnc(-n2c3[c-]c(Oc4[c-]c(N5[CH-]N(C(C)(C)C)C(c6ccccc6)=C5c5ccccc5)ccc4)c4sc5ccccc5c4c3c3ccccc32)c1.[Pt]. The van der Waals surface area contributed by atoms with Gasteiger partial charge in [-0.1, -0.05) is 134 Å². The number of ether oxygens (including phenoxy) is 1. The van der Waals surface area contributed by atoms with E-state index in [1.807, 2.05) is 12.3 Å². The number of thiophene rings is 1. The first-order chi connectivity index (χ1) is 28.0. The number of benzene rings is 6. The van der Waals surface area contributed by atoms with Gasteiger partial charge in [-0.2, -0.15) is 12.7 Å². The molecule has 59 heavy (non-hydrogen) atoms. The summed E-state index contributed by atoms with van der Waals surface area (Å²) in [5.74, 6) is 2.13. The number of nitrogens with zero attached hydrogens (tertiary/aromatic N) is 4. The number of para-hydroxylation sites is 1. The Morgan fingerprint density at radius 3 is 2.03 bits per heavy atom. The number of fused-ring (bicyclic) bond motifs is 7. The summed E-state index contributed by atoms with van der Waals surface area (Å²) in [6, 6.07) is 56.6. The molecule has 1 aliphatic rings. The minimum atomic E-state index is -0.203. The van der Waals surface area contributed by atoms with Gasteiger partial charge in [0.1, 0.15) is 5.82 Å². The van der Waals surface area contributed by atoms with Gasteiger partial charge in [-0.25, -0.2) is 16.3 Å². The van der Waals surface area contributed by atoms with Crippen LogP contribution < -0.4 is 9.64 Å². The van der Waals surface area contributed by atoms with E-state index in [9.17, 15) is 0 Å². The fraction of sp³-hybridized carbons (Fsp3) is 0.154. The zero-order valence-electron chi connectivity index (χ0n) is 33.9. The van der Waals surface area contributed by atoms with Crippen molar-refractivity contribution in [3.05, 3.63) is 181 Å². The van der Waals surface area contributed by atoms with Gasteiger partial charge < -0.3 is 19.1 Å². The van der Waals surface area contributed by atoms with Crippen molar-refractivity contribution in [2.45, 2.75) is 52.5 Å². The number of aromatic nitrogens is 2. The first kappa shape index (κ1) is 38.8. The molecular formula is C52H43N4OPtS-3. The second kappa shape index (κ2) is 14.9. The Hall–Kier alpha value is -5.68. The standard InChI is InChI=1S/C52H43N4OS.Pt/c1-51(2,3)36-28-29-53-45(30-36)56-41-26-15-13-24-39(41)46-42(56)32-43(50-47(46)40-25-14-16-27-44(40)58-50)57-38-23-17-22-37(31-38)54-33-55(52(4,5)6)49(35-20-11-8-12-21-35)48(54)34-18-9-7-10-19-34;/h7-30,33H,1-6H3;/q-3;. The van der Waals surface area contributed by atoms with Crippen molar-refractivity contribution < 1.29 is 25.8 Å². The van der Waals surface area contributed by atoms with E-state index in [1.54, 1.807) is 11.3 Å². The monoisotopic (exact) mass is 966 g/mol. The molecule has 0 unspecified atom stereocenters. The van der Waals surface area contributed by atoms with Gasteiger partial charge in [0.15, 0.2) is 0 Å². The molecule has 0 radical (unpaired) electrons. The number of hydrogen-bond acceptors (Lipinski definition) is 5. The van der Waals surface area contributed by atoms with Crippen LogP contribution in [0.4, 0.5) is 5.69 Å². The fourth-order valence-corrected chi connectivity index (χ4v) is 9.33. The Balaban J connectivity index is 0.00000449.